The summed E-state index contributed by atoms with van der Waals surface area (Å²) in [6, 6.07) is 9.52. The van der Waals surface area contributed by atoms with Crippen LogP contribution in [-0.2, 0) is 28.4 Å². The highest BCUT2D eigenvalue weighted by molar-refractivity contribution is 6.15. The second-order valence-electron chi connectivity index (χ2n) is 7.36. The van der Waals surface area contributed by atoms with Crippen LogP contribution in [-0.4, -0.2) is 34.7 Å². The number of alkyl halides is 6. The van der Waals surface area contributed by atoms with Gasteiger partial charge >= 0.3 is 18.3 Å². The van der Waals surface area contributed by atoms with Gasteiger partial charge in [-0.1, -0.05) is 35.5 Å². The third kappa shape index (κ3) is 3.58. The van der Waals surface area contributed by atoms with E-state index in [-0.39, 0.29) is 16.8 Å². The standard InChI is InChI=1S/C21H15F6N3O3/c1-30-17(9-16(28-30)20(22,23)24)19(21(25,26)27)10-15(29-33-19)13-7-8-14(18(31)32-2)12-6-4-3-5-11(12)13/h3-9H,10H2,1-2H3. The number of benzene rings is 2. The Morgan fingerprint density at radius 1 is 1.09 bits per heavy atom. The van der Waals surface area contributed by atoms with Crippen molar-refractivity contribution in [2.45, 2.75) is 24.4 Å². The molecule has 1 aliphatic rings. The molecule has 2 heterocycles. The zero-order valence-electron chi connectivity index (χ0n) is 17.1. The molecule has 1 aliphatic heterocycles. The van der Waals surface area contributed by atoms with Crippen molar-refractivity contribution in [1.82, 2.24) is 9.78 Å². The summed E-state index contributed by atoms with van der Waals surface area (Å²) in [5, 5.41) is 7.62. The number of nitrogens with zero attached hydrogens (tertiary/aromatic N) is 3. The lowest BCUT2D eigenvalue weighted by Crippen LogP contribution is -2.44. The van der Waals surface area contributed by atoms with Gasteiger partial charge in [0.15, 0.2) is 5.69 Å². The molecular formula is C21H15F6N3O3. The van der Waals surface area contributed by atoms with Crippen LogP contribution >= 0.6 is 0 Å². The van der Waals surface area contributed by atoms with Gasteiger partial charge in [0, 0.05) is 12.6 Å². The van der Waals surface area contributed by atoms with Crippen molar-refractivity contribution >= 4 is 22.5 Å². The molecule has 0 N–H and O–H groups in total. The van der Waals surface area contributed by atoms with Crippen LogP contribution in [0.1, 0.15) is 33.7 Å². The third-order valence-corrected chi connectivity index (χ3v) is 5.41. The molecule has 1 aromatic heterocycles. The number of rotatable bonds is 3. The Bertz CT molecular complexity index is 1280. The summed E-state index contributed by atoms with van der Waals surface area (Å²) in [4.78, 5) is 16.9. The van der Waals surface area contributed by atoms with E-state index < -0.39 is 41.7 Å². The molecule has 0 radical (unpaired) electrons. The molecule has 0 bridgehead atoms. The molecule has 2 aromatic carbocycles. The molecule has 0 spiro atoms. The summed E-state index contributed by atoms with van der Waals surface area (Å²) >= 11 is 0. The van der Waals surface area contributed by atoms with Crippen LogP contribution in [0.2, 0.25) is 0 Å². The molecule has 0 saturated carbocycles. The fraction of sp³-hybridized carbons (Fsp3) is 0.286. The first-order chi connectivity index (χ1) is 15.4. The van der Waals surface area contributed by atoms with Gasteiger partial charge in [0.05, 0.1) is 30.5 Å². The highest BCUT2D eigenvalue weighted by Gasteiger charge is 2.64. The van der Waals surface area contributed by atoms with Gasteiger partial charge in [0.1, 0.15) is 0 Å². The number of carbonyl (C=O) groups is 1. The Hall–Kier alpha value is -3.57. The van der Waals surface area contributed by atoms with Crippen molar-refractivity contribution in [1.29, 1.82) is 0 Å². The Morgan fingerprint density at radius 3 is 2.33 bits per heavy atom. The van der Waals surface area contributed by atoms with Gasteiger partial charge in [-0.15, -0.1) is 0 Å². The summed E-state index contributed by atoms with van der Waals surface area (Å²) in [5.74, 6) is -0.637. The lowest BCUT2D eigenvalue weighted by atomic mass is 9.88. The number of methoxy groups -OCH3 is 1. The van der Waals surface area contributed by atoms with Gasteiger partial charge in [-0.3, -0.25) is 4.68 Å². The fourth-order valence-corrected chi connectivity index (χ4v) is 3.83. The lowest BCUT2D eigenvalue weighted by molar-refractivity contribution is -0.278. The number of aromatic nitrogens is 2. The maximum Gasteiger partial charge on any atom is 0.437 e. The smallest absolute Gasteiger partial charge is 0.437 e. The molecule has 1 unspecified atom stereocenters. The van der Waals surface area contributed by atoms with Gasteiger partial charge in [-0.05, 0) is 22.9 Å². The molecule has 0 amide bonds. The normalized spacial score (nSPS) is 18.8. The molecule has 0 aliphatic carbocycles. The molecule has 4 rings (SSSR count). The summed E-state index contributed by atoms with van der Waals surface area (Å²) in [6.45, 7) is 0. The first-order valence-electron chi connectivity index (χ1n) is 9.43. The molecular weight excluding hydrogens is 456 g/mol. The van der Waals surface area contributed by atoms with Gasteiger partial charge in [-0.2, -0.15) is 31.4 Å². The number of oxime groups is 1. The van der Waals surface area contributed by atoms with E-state index in [2.05, 4.69) is 10.3 Å². The van der Waals surface area contributed by atoms with Crippen molar-refractivity contribution in [3.8, 4) is 0 Å². The molecule has 12 heteroatoms. The highest BCUT2D eigenvalue weighted by atomic mass is 19.4. The number of fused-ring (bicyclic) bond motifs is 1. The number of ether oxygens (including phenoxy) is 1. The average molecular weight is 471 g/mol. The molecule has 33 heavy (non-hydrogen) atoms. The number of halogens is 6. The van der Waals surface area contributed by atoms with Crippen LogP contribution in [0.25, 0.3) is 10.8 Å². The van der Waals surface area contributed by atoms with E-state index in [0.717, 1.165) is 7.05 Å². The van der Waals surface area contributed by atoms with Gasteiger partial charge < -0.3 is 9.57 Å². The third-order valence-electron chi connectivity index (χ3n) is 5.41. The minimum absolute atomic E-state index is 0.144. The average Bonchev–Trinajstić information content (AvgIpc) is 3.37. The second kappa shape index (κ2) is 7.49. The molecule has 0 saturated heterocycles. The first-order valence-corrected chi connectivity index (χ1v) is 9.43. The zero-order valence-corrected chi connectivity index (χ0v) is 17.1. The van der Waals surface area contributed by atoms with Gasteiger partial charge in [0.25, 0.3) is 5.60 Å². The summed E-state index contributed by atoms with van der Waals surface area (Å²) < 4.78 is 87.1. The summed E-state index contributed by atoms with van der Waals surface area (Å²) in [6.07, 6.45) is -10.9. The fourth-order valence-electron chi connectivity index (χ4n) is 3.83. The van der Waals surface area contributed by atoms with Crippen molar-refractivity contribution < 1.29 is 40.7 Å². The van der Waals surface area contributed by atoms with Crippen LogP contribution in [0.15, 0.2) is 47.6 Å². The monoisotopic (exact) mass is 471 g/mol. The topological polar surface area (TPSA) is 65.7 Å². The first kappa shape index (κ1) is 22.6. The van der Waals surface area contributed by atoms with Crippen molar-refractivity contribution in [2.75, 3.05) is 7.11 Å². The minimum Gasteiger partial charge on any atom is -0.465 e. The quantitative estimate of drug-likeness (QED) is 0.400. The van der Waals surface area contributed by atoms with Gasteiger partial charge in [0.2, 0.25) is 0 Å². The summed E-state index contributed by atoms with van der Waals surface area (Å²) in [7, 11) is 2.17. The molecule has 0 fully saturated rings. The maximum absolute atomic E-state index is 14.2. The Labute approximate surface area is 182 Å². The number of carbonyl (C=O) groups excluding carboxylic acids is 1. The van der Waals surface area contributed by atoms with E-state index in [0.29, 0.717) is 21.5 Å². The van der Waals surface area contributed by atoms with Gasteiger partial charge in [-0.25, -0.2) is 4.79 Å². The van der Waals surface area contributed by atoms with Crippen LogP contribution < -0.4 is 0 Å². The van der Waals surface area contributed by atoms with E-state index in [9.17, 15) is 31.1 Å². The second-order valence-corrected chi connectivity index (χ2v) is 7.36. The molecule has 6 nitrogen and oxygen atoms in total. The molecule has 1 atom stereocenters. The zero-order chi connectivity index (χ0) is 24.2. The predicted octanol–water partition coefficient (Wildman–Crippen LogP) is 4.96. The number of aryl methyl sites for hydroxylation is 1. The minimum atomic E-state index is -5.11. The Morgan fingerprint density at radius 2 is 1.76 bits per heavy atom. The number of hydrogen-bond acceptors (Lipinski definition) is 5. The van der Waals surface area contributed by atoms with Crippen LogP contribution in [0.4, 0.5) is 26.3 Å². The largest absolute Gasteiger partial charge is 0.465 e. The van der Waals surface area contributed by atoms with E-state index in [1.54, 1.807) is 24.3 Å². The molecule has 3 aromatic rings. The van der Waals surface area contributed by atoms with Crippen molar-refractivity contribution in [3.63, 3.8) is 0 Å². The van der Waals surface area contributed by atoms with E-state index >= 15 is 0 Å². The van der Waals surface area contributed by atoms with E-state index in [4.69, 9.17) is 9.57 Å². The van der Waals surface area contributed by atoms with Crippen LogP contribution in [0.3, 0.4) is 0 Å². The number of hydrogen-bond donors (Lipinski definition) is 0. The molecule has 174 valence electrons. The SMILES string of the molecule is COC(=O)c1ccc(C2=NOC(c3cc(C(F)(F)F)nn3C)(C(F)(F)F)C2)c2ccccc12. The Kier molecular flexibility index (Phi) is 5.14. The van der Waals surface area contributed by atoms with E-state index in [1.807, 2.05) is 0 Å². The summed E-state index contributed by atoms with van der Waals surface area (Å²) in [5.41, 5.74) is -5.20. The van der Waals surface area contributed by atoms with Crippen LogP contribution in [0.5, 0.6) is 0 Å². The maximum atomic E-state index is 14.2. The number of esters is 1. The highest BCUT2D eigenvalue weighted by Crippen LogP contribution is 2.50. The Balaban J connectivity index is 1.82. The lowest BCUT2D eigenvalue weighted by Gasteiger charge is -2.28. The predicted molar refractivity (Wildman–Crippen MR) is 103 cm³/mol. The van der Waals surface area contributed by atoms with Crippen molar-refractivity contribution in [2.24, 2.45) is 12.2 Å². The van der Waals surface area contributed by atoms with Crippen LogP contribution in [0, 0.1) is 0 Å². The van der Waals surface area contributed by atoms with E-state index in [1.165, 1.54) is 19.2 Å². The van der Waals surface area contributed by atoms with Crippen molar-refractivity contribution in [3.05, 3.63) is 65.0 Å².